The number of nitrogens with zero attached hydrogens (tertiary/aromatic N) is 1. The van der Waals surface area contributed by atoms with Gasteiger partial charge in [0.15, 0.2) is 0 Å². The highest BCUT2D eigenvalue weighted by Crippen LogP contribution is 2.25. The third-order valence-corrected chi connectivity index (χ3v) is 5.83. The summed E-state index contributed by atoms with van der Waals surface area (Å²) < 4.78 is 0. The number of hydrogen-bond acceptors (Lipinski definition) is 2. The third kappa shape index (κ3) is 6.90. The highest BCUT2D eigenvalue weighted by atomic mass is 35.5. The monoisotopic (exact) mass is 468 g/mol. The van der Waals surface area contributed by atoms with Crippen LogP contribution in [-0.4, -0.2) is 28.8 Å². The Labute approximate surface area is 193 Å². The predicted molar refractivity (Wildman–Crippen MR) is 124 cm³/mol. The van der Waals surface area contributed by atoms with E-state index in [9.17, 15) is 9.59 Å². The minimum Gasteiger partial charge on any atom is -0.352 e. The second kappa shape index (κ2) is 11.6. The molecule has 162 valence electrons. The normalized spacial score (nSPS) is 12.0. The quantitative estimate of drug-likeness (QED) is 0.496. The molecule has 0 aliphatic carbocycles. The van der Waals surface area contributed by atoms with Crippen molar-refractivity contribution >= 4 is 46.6 Å². The zero-order valence-corrected chi connectivity index (χ0v) is 19.7. The van der Waals surface area contributed by atoms with Gasteiger partial charge in [-0.3, -0.25) is 9.59 Å². The van der Waals surface area contributed by atoms with E-state index in [0.29, 0.717) is 27.9 Å². The zero-order valence-electron chi connectivity index (χ0n) is 17.4. The molecule has 2 aromatic carbocycles. The van der Waals surface area contributed by atoms with Crippen LogP contribution in [0.3, 0.4) is 0 Å². The van der Waals surface area contributed by atoms with Crippen molar-refractivity contribution in [2.24, 2.45) is 0 Å². The summed E-state index contributed by atoms with van der Waals surface area (Å²) in [4.78, 5) is 27.6. The number of carbonyl (C=O) groups is 2. The van der Waals surface area contributed by atoms with Crippen molar-refractivity contribution in [2.45, 2.75) is 58.7 Å². The van der Waals surface area contributed by atoms with Gasteiger partial charge in [0.1, 0.15) is 6.04 Å². The lowest BCUT2D eigenvalue weighted by Crippen LogP contribution is -2.50. The molecule has 0 aliphatic heterocycles. The maximum atomic E-state index is 13.2. The molecule has 4 nitrogen and oxygen atoms in total. The molecular weight excluding hydrogens is 443 g/mol. The van der Waals surface area contributed by atoms with Crippen LogP contribution in [0.1, 0.15) is 44.7 Å². The lowest BCUT2D eigenvalue weighted by Gasteiger charge is -2.31. The molecule has 30 heavy (non-hydrogen) atoms. The molecule has 1 atom stereocenters. The van der Waals surface area contributed by atoms with Gasteiger partial charge in [0.05, 0.1) is 10.0 Å². The maximum absolute atomic E-state index is 13.2. The van der Waals surface area contributed by atoms with Crippen LogP contribution in [0, 0.1) is 0 Å². The van der Waals surface area contributed by atoms with Gasteiger partial charge in [-0.2, -0.15) is 0 Å². The van der Waals surface area contributed by atoms with Crippen LogP contribution in [0.5, 0.6) is 0 Å². The molecule has 0 aliphatic rings. The lowest BCUT2D eigenvalue weighted by atomic mass is 10.1. The lowest BCUT2D eigenvalue weighted by molar-refractivity contribution is -0.141. The van der Waals surface area contributed by atoms with Crippen molar-refractivity contribution in [3.8, 4) is 0 Å². The minimum absolute atomic E-state index is 0.0170. The van der Waals surface area contributed by atoms with E-state index in [1.165, 1.54) is 0 Å². The van der Waals surface area contributed by atoms with E-state index in [1.54, 1.807) is 23.1 Å². The molecule has 0 unspecified atom stereocenters. The Bertz CT molecular complexity index is 887. The Hall–Kier alpha value is -1.75. The number of nitrogens with one attached hydrogen (secondary N) is 1. The molecule has 0 radical (unpaired) electrons. The van der Waals surface area contributed by atoms with Gasteiger partial charge in [-0.15, -0.1) is 0 Å². The number of amides is 2. The van der Waals surface area contributed by atoms with Gasteiger partial charge in [-0.25, -0.2) is 0 Å². The molecule has 0 aromatic heterocycles. The first kappa shape index (κ1) is 24.5. The number of aryl methyl sites for hydroxylation is 1. The van der Waals surface area contributed by atoms with Crippen molar-refractivity contribution < 1.29 is 9.59 Å². The van der Waals surface area contributed by atoms with Crippen molar-refractivity contribution in [2.75, 3.05) is 0 Å². The number of hydrogen-bond donors (Lipinski definition) is 1. The molecule has 7 heteroatoms. The average molecular weight is 470 g/mol. The molecule has 2 amide bonds. The summed E-state index contributed by atoms with van der Waals surface area (Å²) in [6.07, 6.45) is 1.24. The Morgan fingerprint density at radius 1 is 1.00 bits per heavy atom. The van der Waals surface area contributed by atoms with Gasteiger partial charge >= 0.3 is 0 Å². The largest absolute Gasteiger partial charge is 0.352 e. The van der Waals surface area contributed by atoms with Gasteiger partial charge in [-0.1, -0.05) is 66.0 Å². The van der Waals surface area contributed by atoms with E-state index in [1.807, 2.05) is 45.0 Å². The van der Waals surface area contributed by atoms with Crippen LogP contribution in [0.4, 0.5) is 0 Å². The van der Waals surface area contributed by atoms with Crippen LogP contribution < -0.4 is 5.32 Å². The zero-order chi connectivity index (χ0) is 22.3. The first-order chi connectivity index (χ1) is 14.2. The molecule has 0 spiro atoms. The summed E-state index contributed by atoms with van der Waals surface area (Å²) in [5.41, 5.74) is 1.72. The van der Waals surface area contributed by atoms with Crippen LogP contribution in [-0.2, 0) is 22.6 Å². The Morgan fingerprint density at radius 2 is 1.70 bits per heavy atom. The number of halogens is 3. The summed E-state index contributed by atoms with van der Waals surface area (Å²) in [7, 11) is 0. The topological polar surface area (TPSA) is 49.4 Å². The molecular formula is C23H27Cl3N2O2. The second-order valence-electron chi connectivity index (χ2n) is 7.45. The van der Waals surface area contributed by atoms with E-state index in [4.69, 9.17) is 34.8 Å². The first-order valence-electron chi connectivity index (χ1n) is 10.00. The van der Waals surface area contributed by atoms with Crippen LogP contribution >= 0.6 is 34.8 Å². The van der Waals surface area contributed by atoms with E-state index in [0.717, 1.165) is 11.1 Å². The Balaban J connectivity index is 2.25. The minimum atomic E-state index is -0.583. The van der Waals surface area contributed by atoms with E-state index >= 15 is 0 Å². The van der Waals surface area contributed by atoms with Crippen molar-refractivity contribution in [1.82, 2.24) is 10.2 Å². The van der Waals surface area contributed by atoms with Gasteiger partial charge in [-0.05, 0) is 56.0 Å². The highest BCUT2D eigenvalue weighted by Gasteiger charge is 2.29. The molecule has 0 bridgehead atoms. The van der Waals surface area contributed by atoms with Crippen molar-refractivity contribution in [3.05, 3.63) is 68.7 Å². The second-order valence-corrected chi connectivity index (χ2v) is 8.67. The van der Waals surface area contributed by atoms with Gasteiger partial charge < -0.3 is 10.2 Å². The first-order valence-corrected chi connectivity index (χ1v) is 11.1. The number of carbonyl (C=O) groups excluding carboxylic acids is 2. The fourth-order valence-corrected chi connectivity index (χ4v) is 3.77. The van der Waals surface area contributed by atoms with Crippen molar-refractivity contribution in [3.63, 3.8) is 0 Å². The fourth-order valence-electron chi connectivity index (χ4n) is 3.22. The molecule has 1 N–H and O–H groups in total. The summed E-state index contributed by atoms with van der Waals surface area (Å²) in [6.45, 7) is 5.95. The summed E-state index contributed by atoms with van der Waals surface area (Å²) in [5, 5.41) is 4.41. The number of rotatable bonds is 9. The molecule has 0 fully saturated rings. The molecule has 2 rings (SSSR count). The Morgan fingerprint density at radius 3 is 2.30 bits per heavy atom. The van der Waals surface area contributed by atoms with Crippen LogP contribution in [0.2, 0.25) is 15.1 Å². The van der Waals surface area contributed by atoms with Crippen LogP contribution in [0.25, 0.3) is 0 Å². The van der Waals surface area contributed by atoms with Gasteiger partial charge in [0.25, 0.3) is 0 Å². The molecule has 2 aromatic rings. The van der Waals surface area contributed by atoms with E-state index in [2.05, 4.69) is 5.32 Å². The van der Waals surface area contributed by atoms with Gasteiger partial charge in [0, 0.05) is 24.0 Å². The summed E-state index contributed by atoms with van der Waals surface area (Å²) in [6, 6.07) is 12.1. The number of benzene rings is 2. The van der Waals surface area contributed by atoms with E-state index < -0.39 is 6.04 Å². The van der Waals surface area contributed by atoms with Crippen LogP contribution in [0.15, 0.2) is 42.5 Å². The predicted octanol–water partition coefficient (Wildman–Crippen LogP) is 5.91. The summed E-state index contributed by atoms with van der Waals surface area (Å²) >= 11 is 18.4. The van der Waals surface area contributed by atoms with Gasteiger partial charge in [0.2, 0.25) is 11.8 Å². The molecule has 0 saturated carbocycles. The molecule has 0 heterocycles. The standard InChI is InChI=1S/C23H27Cl3N2O2/c1-4-21(23(30)27-15(2)3)28(14-16-9-11-19(25)20(26)13-16)22(29)12-10-17-7-5-6-8-18(17)24/h5-9,11,13,15,21H,4,10,12,14H2,1-3H3,(H,27,30)/t21-/m0/s1. The fraction of sp³-hybridized carbons (Fsp3) is 0.391. The Kier molecular flexibility index (Phi) is 9.47. The van der Waals surface area contributed by atoms with Crippen molar-refractivity contribution in [1.29, 1.82) is 0 Å². The summed E-state index contributed by atoms with van der Waals surface area (Å²) in [5.74, 6) is -0.287. The maximum Gasteiger partial charge on any atom is 0.243 e. The SMILES string of the molecule is CC[C@@H](C(=O)NC(C)C)N(Cc1ccc(Cl)c(Cl)c1)C(=O)CCc1ccccc1Cl. The third-order valence-electron chi connectivity index (χ3n) is 4.72. The molecule has 0 saturated heterocycles. The average Bonchev–Trinajstić information content (AvgIpc) is 2.69. The highest BCUT2D eigenvalue weighted by molar-refractivity contribution is 6.42. The smallest absolute Gasteiger partial charge is 0.243 e. The van der Waals surface area contributed by atoms with E-state index in [-0.39, 0.29) is 30.8 Å².